The van der Waals surface area contributed by atoms with Gasteiger partial charge in [-0.05, 0) is 29.2 Å². The first kappa shape index (κ1) is 7.27. The lowest BCUT2D eigenvalue weighted by atomic mass is 10.1. The van der Waals surface area contributed by atoms with Crippen LogP contribution in [-0.2, 0) is 0 Å². The number of nitrogens with zero attached hydrogens (tertiary/aromatic N) is 1. The maximum atomic E-state index is 2.29. The van der Waals surface area contributed by atoms with Crippen molar-refractivity contribution in [1.82, 2.24) is 4.90 Å². The van der Waals surface area contributed by atoms with E-state index in [4.69, 9.17) is 0 Å². The van der Waals surface area contributed by atoms with E-state index >= 15 is 0 Å². The topological polar surface area (TPSA) is 3.24 Å². The molecule has 0 aliphatic carbocycles. The lowest BCUT2D eigenvalue weighted by molar-refractivity contribution is 0.517. The van der Waals surface area contributed by atoms with Gasteiger partial charge in [-0.3, -0.25) is 0 Å². The van der Waals surface area contributed by atoms with E-state index in [-0.39, 0.29) is 0 Å². The first-order valence-electron chi connectivity index (χ1n) is 4.35. The third-order valence-electron chi connectivity index (χ3n) is 2.35. The van der Waals surface area contributed by atoms with Gasteiger partial charge in [0.15, 0.2) is 0 Å². The van der Waals surface area contributed by atoms with Gasteiger partial charge in [0.25, 0.3) is 0 Å². The molecule has 3 heterocycles. The molecule has 3 aliphatic rings. The second kappa shape index (κ2) is 2.67. The number of hydrogen-bond acceptors (Lipinski definition) is 2. The summed E-state index contributed by atoms with van der Waals surface area (Å²) in [5.41, 5.74) is 2.71. The molecule has 0 atom stereocenters. The molecule has 0 N–H and O–H groups in total. The Morgan fingerprint density at radius 3 is 3.31 bits per heavy atom. The van der Waals surface area contributed by atoms with Crippen molar-refractivity contribution in [2.75, 3.05) is 6.54 Å². The molecule has 0 bridgehead atoms. The van der Waals surface area contributed by atoms with Gasteiger partial charge < -0.3 is 4.90 Å². The first-order valence-corrected chi connectivity index (χ1v) is 5.23. The zero-order valence-corrected chi connectivity index (χ0v) is 7.92. The largest absolute Gasteiger partial charge is 0.343 e. The van der Waals surface area contributed by atoms with Gasteiger partial charge in [-0.1, -0.05) is 23.9 Å². The van der Waals surface area contributed by atoms with Crippen molar-refractivity contribution in [1.29, 1.82) is 0 Å². The summed E-state index contributed by atoms with van der Waals surface area (Å²) in [6.07, 6.45) is 13.0. The summed E-state index contributed by atoms with van der Waals surface area (Å²) in [5.74, 6) is 0. The van der Waals surface area contributed by atoms with Crippen molar-refractivity contribution in [2.45, 2.75) is 0 Å². The number of rotatable bonds is 0. The molecule has 0 aromatic carbocycles. The molecule has 0 amide bonds. The molecular formula is C11H9NS. The van der Waals surface area contributed by atoms with E-state index < -0.39 is 0 Å². The third-order valence-corrected chi connectivity index (χ3v) is 3.21. The quantitative estimate of drug-likeness (QED) is 0.573. The highest BCUT2D eigenvalue weighted by molar-refractivity contribution is 8.06. The summed E-state index contributed by atoms with van der Waals surface area (Å²) >= 11 is 1.80. The van der Waals surface area contributed by atoms with E-state index in [0.717, 1.165) is 6.54 Å². The number of allylic oxidation sites excluding steroid dienone is 5. The fourth-order valence-electron chi connectivity index (χ4n) is 1.77. The van der Waals surface area contributed by atoms with Crippen LogP contribution in [0.2, 0.25) is 0 Å². The second-order valence-corrected chi connectivity index (χ2v) is 4.10. The molecule has 2 heteroatoms. The SMILES string of the molecule is C1=CN2CC=CC3=C2C(=C1)SC=C3. The van der Waals surface area contributed by atoms with Crippen LogP contribution in [0.5, 0.6) is 0 Å². The van der Waals surface area contributed by atoms with E-state index in [9.17, 15) is 0 Å². The van der Waals surface area contributed by atoms with Gasteiger partial charge >= 0.3 is 0 Å². The second-order valence-electron chi connectivity index (χ2n) is 3.15. The Labute approximate surface area is 81.8 Å². The average Bonchev–Trinajstić information content (AvgIpc) is 2.19. The molecule has 13 heavy (non-hydrogen) atoms. The van der Waals surface area contributed by atoms with Crippen LogP contribution >= 0.6 is 11.8 Å². The summed E-state index contributed by atoms with van der Waals surface area (Å²) < 4.78 is 0. The highest BCUT2D eigenvalue weighted by Gasteiger charge is 2.21. The monoisotopic (exact) mass is 187 g/mol. The van der Waals surface area contributed by atoms with Crippen LogP contribution < -0.4 is 0 Å². The molecule has 3 aliphatic heterocycles. The Kier molecular flexibility index (Phi) is 1.49. The summed E-state index contributed by atoms with van der Waals surface area (Å²) in [6, 6.07) is 0. The maximum absolute atomic E-state index is 2.29. The fourth-order valence-corrected chi connectivity index (χ4v) is 2.64. The van der Waals surface area contributed by atoms with E-state index in [0.29, 0.717) is 0 Å². The van der Waals surface area contributed by atoms with Crippen LogP contribution in [0.25, 0.3) is 0 Å². The lowest BCUT2D eigenvalue weighted by Gasteiger charge is -2.31. The minimum Gasteiger partial charge on any atom is -0.343 e. The molecule has 0 aromatic heterocycles. The van der Waals surface area contributed by atoms with Crippen LogP contribution in [0.3, 0.4) is 0 Å². The third kappa shape index (κ3) is 1.02. The van der Waals surface area contributed by atoms with Crippen LogP contribution in [0.1, 0.15) is 0 Å². The molecule has 0 unspecified atom stereocenters. The van der Waals surface area contributed by atoms with Crippen molar-refractivity contribution in [2.24, 2.45) is 0 Å². The Bertz CT molecular complexity index is 392. The molecular weight excluding hydrogens is 178 g/mol. The first-order chi connectivity index (χ1) is 6.45. The Morgan fingerprint density at radius 2 is 2.31 bits per heavy atom. The minimum absolute atomic E-state index is 1.00. The van der Waals surface area contributed by atoms with Crippen molar-refractivity contribution >= 4 is 11.8 Å². The van der Waals surface area contributed by atoms with Crippen molar-refractivity contribution < 1.29 is 0 Å². The normalized spacial score (nSPS) is 23.4. The van der Waals surface area contributed by atoms with Crippen molar-refractivity contribution in [3.8, 4) is 0 Å². The van der Waals surface area contributed by atoms with E-state index in [1.807, 2.05) is 0 Å². The zero-order valence-electron chi connectivity index (χ0n) is 7.10. The van der Waals surface area contributed by atoms with Gasteiger partial charge in [0.1, 0.15) is 0 Å². The van der Waals surface area contributed by atoms with E-state index in [1.54, 1.807) is 11.8 Å². The van der Waals surface area contributed by atoms with Crippen molar-refractivity contribution in [3.63, 3.8) is 0 Å². The summed E-state index contributed by atoms with van der Waals surface area (Å²) in [5, 5.41) is 2.15. The number of thioether (sulfide) groups is 1. The zero-order chi connectivity index (χ0) is 8.67. The molecule has 0 fully saturated rings. The summed E-state index contributed by atoms with van der Waals surface area (Å²) in [6.45, 7) is 1.00. The Morgan fingerprint density at radius 1 is 1.31 bits per heavy atom. The molecule has 1 nitrogen and oxygen atoms in total. The molecule has 0 saturated carbocycles. The van der Waals surface area contributed by atoms with Gasteiger partial charge in [0, 0.05) is 17.6 Å². The predicted octanol–water partition coefficient (Wildman–Crippen LogP) is 2.78. The predicted molar refractivity (Wildman–Crippen MR) is 56.8 cm³/mol. The summed E-state index contributed by atoms with van der Waals surface area (Å²) in [4.78, 5) is 3.66. The molecule has 0 saturated heterocycles. The minimum atomic E-state index is 1.00. The van der Waals surface area contributed by atoms with E-state index in [2.05, 4.69) is 46.9 Å². The van der Waals surface area contributed by atoms with Gasteiger partial charge in [0.2, 0.25) is 0 Å². The maximum Gasteiger partial charge on any atom is 0.0624 e. The van der Waals surface area contributed by atoms with Gasteiger partial charge in [-0.15, -0.1) is 0 Å². The lowest BCUT2D eigenvalue weighted by Crippen LogP contribution is -2.23. The highest BCUT2D eigenvalue weighted by Crippen LogP contribution is 2.38. The van der Waals surface area contributed by atoms with Crippen LogP contribution in [0.15, 0.2) is 58.2 Å². The van der Waals surface area contributed by atoms with Crippen LogP contribution in [0.4, 0.5) is 0 Å². The van der Waals surface area contributed by atoms with Crippen LogP contribution in [-0.4, -0.2) is 11.4 Å². The van der Waals surface area contributed by atoms with Crippen molar-refractivity contribution in [3.05, 3.63) is 58.2 Å². The van der Waals surface area contributed by atoms with Gasteiger partial charge in [0.05, 0.1) is 5.70 Å². The molecule has 64 valence electrons. The van der Waals surface area contributed by atoms with Gasteiger partial charge in [-0.2, -0.15) is 0 Å². The standard InChI is InChI=1S/C11H9NS/c1-3-9-5-8-13-10-4-2-7-12(6-1)11(9)10/h1-5,7-8H,6H2. The van der Waals surface area contributed by atoms with Gasteiger partial charge in [-0.25, -0.2) is 0 Å². The van der Waals surface area contributed by atoms with Crippen LogP contribution in [0, 0.1) is 0 Å². The Balaban J connectivity index is 2.21. The smallest absolute Gasteiger partial charge is 0.0624 e. The number of hydrogen-bond donors (Lipinski definition) is 0. The average molecular weight is 187 g/mol. The molecule has 0 aromatic rings. The molecule has 3 rings (SSSR count). The molecule has 0 spiro atoms. The highest BCUT2D eigenvalue weighted by atomic mass is 32.2. The fraction of sp³-hybridized carbons (Fsp3) is 0.0909. The summed E-state index contributed by atoms with van der Waals surface area (Å²) in [7, 11) is 0. The molecule has 0 radical (unpaired) electrons. The van der Waals surface area contributed by atoms with E-state index in [1.165, 1.54) is 16.2 Å². The Hall–Kier alpha value is -1.15.